The summed E-state index contributed by atoms with van der Waals surface area (Å²) >= 11 is 0. The Bertz CT molecular complexity index is 2350. The van der Waals surface area contributed by atoms with Crippen molar-refractivity contribution in [1.29, 1.82) is 0 Å². The number of nitro groups is 1. The van der Waals surface area contributed by atoms with E-state index in [0.717, 1.165) is 70.8 Å². The number of aliphatic hydroxyl groups excluding tert-OH is 1. The Kier molecular flexibility index (Phi) is 13.0. The van der Waals surface area contributed by atoms with E-state index in [-0.39, 0.29) is 60.8 Å². The van der Waals surface area contributed by atoms with Crippen LogP contribution in [0.25, 0.3) is 11.1 Å². The molecule has 0 aliphatic carbocycles. The second-order valence-electron chi connectivity index (χ2n) is 16.0. The van der Waals surface area contributed by atoms with Crippen molar-refractivity contribution in [3.63, 3.8) is 0 Å². The Morgan fingerprint density at radius 2 is 1.50 bits per heavy atom. The topological polar surface area (TPSA) is 164 Å². The SMILES string of the molecule is CC1C(CN2CCN(c3ccc([N+](=O)[O-])cc3)CC2)OC(c2ccc(-c3cccc(CN4C(=O)CC(NC(=O)OCc5ccccc5)C4=O)c3)cc2)OC1c1ccc(CO)cc1. The van der Waals surface area contributed by atoms with Crippen molar-refractivity contribution in [2.45, 2.75) is 57.6 Å². The van der Waals surface area contributed by atoms with Gasteiger partial charge in [-0.25, -0.2) is 4.79 Å². The number of anilines is 1. The molecule has 3 aliphatic heterocycles. The molecule has 2 N–H and O–H groups in total. The lowest BCUT2D eigenvalue weighted by atomic mass is 9.89. The molecule has 3 amide bonds. The van der Waals surface area contributed by atoms with Crippen molar-refractivity contribution in [2.75, 3.05) is 37.6 Å². The van der Waals surface area contributed by atoms with Crippen LogP contribution in [-0.2, 0) is 43.6 Å². The largest absolute Gasteiger partial charge is 0.445 e. The molecule has 0 bridgehead atoms. The average molecular weight is 840 g/mol. The molecule has 0 saturated carbocycles. The molecular weight excluding hydrogens is 791 g/mol. The van der Waals surface area contributed by atoms with Crippen LogP contribution in [-0.4, -0.2) is 82.6 Å². The predicted molar refractivity (Wildman–Crippen MR) is 230 cm³/mol. The van der Waals surface area contributed by atoms with Crippen LogP contribution in [0.3, 0.4) is 0 Å². The van der Waals surface area contributed by atoms with E-state index < -0.39 is 24.3 Å². The van der Waals surface area contributed by atoms with Crippen LogP contribution in [0.2, 0.25) is 0 Å². The Morgan fingerprint density at radius 1 is 0.806 bits per heavy atom. The molecule has 5 aromatic carbocycles. The summed E-state index contributed by atoms with van der Waals surface area (Å²) in [7, 11) is 0. The lowest BCUT2D eigenvalue weighted by Gasteiger charge is -2.44. The number of non-ortho nitro benzene ring substituents is 1. The van der Waals surface area contributed by atoms with Gasteiger partial charge in [0, 0.05) is 62.0 Å². The van der Waals surface area contributed by atoms with Gasteiger partial charge < -0.3 is 29.5 Å². The average Bonchev–Trinajstić information content (AvgIpc) is 3.56. The zero-order valence-electron chi connectivity index (χ0n) is 34.4. The van der Waals surface area contributed by atoms with Crippen LogP contribution >= 0.6 is 0 Å². The molecule has 0 spiro atoms. The molecule has 5 atom stereocenters. The summed E-state index contributed by atoms with van der Waals surface area (Å²) in [6.07, 6.45) is -1.98. The first kappa shape index (κ1) is 42.2. The van der Waals surface area contributed by atoms with Gasteiger partial charge in [0.2, 0.25) is 5.91 Å². The van der Waals surface area contributed by atoms with Crippen LogP contribution < -0.4 is 10.2 Å². The van der Waals surface area contributed by atoms with Gasteiger partial charge >= 0.3 is 6.09 Å². The van der Waals surface area contributed by atoms with Gasteiger partial charge in [0.15, 0.2) is 6.29 Å². The third kappa shape index (κ3) is 9.85. The molecule has 14 heteroatoms. The fraction of sp³-hybridized carbons (Fsp3) is 0.312. The maximum absolute atomic E-state index is 13.2. The van der Waals surface area contributed by atoms with Gasteiger partial charge in [-0.15, -0.1) is 0 Å². The molecule has 5 aromatic rings. The number of nitrogens with zero attached hydrogens (tertiary/aromatic N) is 4. The minimum absolute atomic E-state index is 0.00910. The number of nitro benzene ring substituents is 1. The van der Waals surface area contributed by atoms with E-state index in [2.05, 4.69) is 22.0 Å². The van der Waals surface area contributed by atoms with Crippen molar-refractivity contribution >= 4 is 29.3 Å². The molecule has 8 rings (SSSR count). The molecule has 0 aromatic heterocycles. The number of likely N-dealkylation sites (tertiary alicyclic amines) is 1. The molecule has 3 heterocycles. The summed E-state index contributed by atoms with van der Waals surface area (Å²) < 4.78 is 18.8. The second kappa shape index (κ2) is 19.1. The number of alkyl carbamates (subject to hydrolysis) is 1. The summed E-state index contributed by atoms with van der Waals surface area (Å²) in [5.41, 5.74) is 7.13. The zero-order chi connectivity index (χ0) is 43.2. The lowest BCUT2D eigenvalue weighted by molar-refractivity contribution is -0.384. The van der Waals surface area contributed by atoms with Gasteiger partial charge in [-0.3, -0.25) is 29.5 Å². The van der Waals surface area contributed by atoms with Gasteiger partial charge in [0.25, 0.3) is 11.6 Å². The van der Waals surface area contributed by atoms with E-state index in [1.54, 1.807) is 24.3 Å². The number of amides is 3. The Morgan fingerprint density at radius 3 is 2.19 bits per heavy atom. The smallest absolute Gasteiger partial charge is 0.408 e. The third-order valence-corrected chi connectivity index (χ3v) is 11.9. The highest BCUT2D eigenvalue weighted by atomic mass is 16.7. The quantitative estimate of drug-likeness (QED) is 0.0719. The highest BCUT2D eigenvalue weighted by Gasteiger charge is 2.41. The monoisotopic (exact) mass is 839 g/mol. The highest BCUT2D eigenvalue weighted by molar-refractivity contribution is 6.06. The molecule has 320 valence electrons. The summed E-state index contributed by atoms with van der Waals surface area (Å²) in [6, 6.07) is 38.4. The Balaban J connectivity index is 0.917. The Hall–Kier alpha value is -6.45. The molecule has 0 radical (unpaired) electrons. The first-order chi connectivity index (χ1) is 30.1. The van der Waals surface area contributed by atoms with Crippen molar-refractivity contribution in [1.82, 2.24) is 15.1 Å². The third-order valence-electron chi connectivity index (χ3n) is 11.9. The number of benzene rings is 5. The maximum Gasteiger partial charge on any atom is 0.408 e. The minimum Gasteiger partial charge on any atom is -0.445 e. The van der Waals surface area contributed by atoms with E-state index in [1.165, 1.54) is 4.90 Å². The van der Waals surface area contributed by atoms with Crippen LogP contribution in [0.4, 0.5) is 16.2 Å². The lowest BCUT2D eigenvalue weighted by Crippen LogP contribution is -2.51. The standard InChI is InChI=1S/C48H49N5O9/c1-32-43(29-50-22-24-51(25-23-50)40-18-20-41(21-19-40)53(58)59)61-47(62-45(32)37-12-10-33(30-54)11-13-37)38-16-14-36(15-17-38)39-9-5-8-35(26-39)28-52-44(55)27-42(46(52)56)49-48(57)60-31-34-6-3-2-4-7-34/h2-21,26,32,42-43,45,47,54H,22-25,27-31H2,1H3,(H,49,57). The van der Waals surface area contributed by atoms with Gasteiger partial charge in [0.05, 0.1) is 36.7 Å². The predicted octanol–water partition coefficient (Wildman–Crippen LogP) is 6.92. The van der Waals surface area contributed by atoms with Gasteiger partial charge in [0.1, 0.15) is 12.6 Å². The van der Waals surface area contributed by atoms with E-state index >= 15 is 0 Å². The number of aliphatic hydroxyl groups is 1. The summed E-state index contributed by atoms with van der Waals surface area (Å²) in [5, 5.41) is 23.4. The van der Waals surface area contributed by atoms with Gasteiger partial charge in [-0.1, -0.05) is 104 Å². The molecule has 14 nitrogen and oxygen atoms in total. The molecular formula is C48H49N5O9. The zero-order valence-corrected chi connectivity index (χ0v) is 34.4. The number of carbonyl (C=O) groups is 3. The summed E-state index contributed by atoms with van der Waals surface area (Å²) in [4.78, 5) is 55.2. The van der Waals surface area contributed by atoms with Crippen LogP contribution in [0, 0.1) is 16.0 Å². The number of imide groups is 1. The van der Waals surface area contributed by atoms with Crippen LogP contribution in [0.5, 0.6) is 0 Å². The molecule has 5 unspecified atom stereocenters. The first-order valence-corrected chi connectivity index (χ1v) is 20.8. The highest BCUT2D eigenvalue weighted by Crippen LogP contribution is 2.42. The maximum atomic E-state index is 13.2. The fourth-order valence-corrected chi connectivity index (χ4v) is 8.29. The van der Waals surface area contributed by atoms with E-state index in [0.29, 0.717) is 6.54 Å². The van der Waals surface area contributed by atoms with Crippen LogP contribution in [0.15, 0.2) is 127 Å². The minimum atomic E-state index is -0.993. The van der Waals surface area contributed by atoms with Gasteiger partial charge in [-0.2, -0.15) is 0 Å². The van der Waals surface area contributed by atoms with Crippen LogP contribution in [0.1, 0.15) is 53.6 Å². The number of nitrogens with one attached hydrogen (secondary N) is 1. The van der Waals surface area contributed by atoms with E-state index in [1.807, 2.05) is 103 Å². The molecule has 62 heavy (non-hydrogen) atoms. The Labute approximate surface area is 359 Å². The van der Waals surface area contributed by atoms with E-state index in [9.17, 15) is 29.6 Å². The van der Waals surface area contributed by atoms with Crippen molar-refractivity contribution in [3.8, 4) is 11.1 Å². The molecule has 3 saturated heterocycles. The number of hydrogen-bond donors (Lipinski definition) is 2. The van der Waals surface area contributed by atoms with Crippen molar-refractivity contribution in [2.24, 2.45) is 5.92 Å². The second-order valence-corrected chi connectivity index (χ2v) is 16.0. The summed E-state index contributed by atoms with van der Waals surface area (Å²) in [5.74, 6) is -0.839. The fourth-order valence-electron chi connectivity index (χ4n) is 8.29. The van der Waals surface area contributed by atoms with Crippen molar-refractivity contribution in [3.05, 3.63) is 165 Å². The summed E-state index contributed by atoms with van der Waals surface area (Å²) in [6.45, 7) is 6.09. The van der Waals surface area contributed by atoms with E-state index in [4.69, 9.17) is 14.2 Å². The first-order valence-electron chi connectivity index (χ1n) is 20.8. The molecule has 3 fully saturated rings. The number of piperazine rings is 1. The van der Waals surface area contributed by atoms with Crippen molar-refractivity contribution < 1.29 is 38.6 Å². The number of rotatable bonds is 13. The molecule has 3 aliphatic rings. The number of ether oxygens (including phenoxy) is 3. The normalized spacial score (nSPS) is 21.8. The van der Waals surface area contributed by atoms with Gasteiger partial charge in [-0.05, 0) is 51.6 Å². The number of carbonyl (C=O) groups excluding carboxylic acids is 3. The number of hydrogen-bond acceptors (Lipinski definition) is 11.